The van der Waals surface area contributed by atoms with Crippen molar-refractivity contribution in [2.24, 2.45) is 0 Å². The number of carbonyl (C=O) groups excluding carboxylic acids is 1. The van der Waals surface area contributed by atoms with Gasteiger partial charge in [0, 0.05) is 37.8 Å². The zero-order valence-corrected chi connectivity index (χ0v) is 20.1. The summed E-state index contributed by atoms with van der Waals surface area (Å²) in [5.41, 5.74) is 2.77. The molecular formula is C25H22N4O3S2. The van der Waals surface area contributed by atoms with Gasteiger partial charge in [-0.1, -0.05) is 18.2 Å². The molecule has 0 spiro atoms. The number of thiophene rings is 1. The molecule has 7 nitrogen and oxygen atoms in total. The largest absolute Gasteiger partial charge is 0.322 e. The van der Waals surface area contributed by atoms with E-state index in [1.54, 1.807) is 49.6 Å². The summed E-state index contributed by atoms with van der Waals surface area (Å²) >= 11 is 1.66. The predicted octanol–water partition coefficient (Wildman–Crippen LogP) is 5.38. The number of aromatic amines is 1. The maximum absolute atomic E-state index is 13.1. The van der Waals surface area contributed by atoms with E-state index in [2.05, 4.69) is 38.4 Å². The molecule has 172 valence electrons. The van der Waals surface area contributed by atoms with E-state index in [4.69, 9.17) is 0 Å². The Hall–Kier alpha value is -3.53. The first-order valence-electron chi connectivity index (χ1n) is 10.7. The van der Waals surface area contributed by atoms with Crippen molar-refractivity contribution in [2.75, 3.05) is 5.32 Å². The first-order valence-corrected chi connectivity index (χ1v) is 13.0. The first-order chi connectivity index (χ1) is 16.3. The van der Waals surface area contributed by atoms with Crippen LogP contribution in [-0.4, -0.2) is 30.6 Å². The average Bonchev–Trinajstić information content (AvgIpc) is 3.44. The highest BCUT2D eigenvalue weighted by Gasteiger charge is 2.17. The van der Waals surface area contributed by atoms with Crippen molar-refractivity contribution in [3.8, 4) is 10.4 Å². The Kier molecular flexibility index (Phi) is 5.68. The Morgan fingerprint density at radius 3 is 2.50 bits per heavy atom. The molecule has 0 saturated heterocycles. The number of hydrogen-bond acceptors (Lipinski definition) is 5. The number of amides is 1. The summed E-state index contributed by atoms with van der Waals surface area (Å²) in [6.45, 7) is 3.52. The topological polar surface area (TPSA) is 104 Å². The third kappa shape index (κ3) is 4.33. The summed E-state index contributed by atoms with van der Waals surface area (Å²) in [4.78, 5) is 14.3. The minimum Gasteiger partial charge on any atom is -0.322 e. The van der Waals surface area contributed by atoms with Crippen molar-refractivity contribution in [1.29, 1.82) is 0 Å². The molecule has 0 atom stereocenters. The number of aromatic nitrogens is 2. The van der Waals surface area contributed by atoms with Crippen LogP contribution in [-0.2, 0) is 10.0 Å². The normalized spacial score (nSPS) is 12.0. The van der Waals surface area contributed by atoms with E-state index in [-0.39, 0.29) is 16.8 Å². The van der Waals surface area contributed by atoms with E-state index >= 15 is 0 Å². The van der Waals surface area contributed by atoms with Crippen molar-refractivity contribution in [3.05, 3.63) is 78.5 Å². The lowest BCUT2D eigenvalue weighted by Crippen LogP contribution is -2.30. The predicted molar refractivity (Wildman–Crippen MR) is 137 cm³/mol. The summed E-state index contributed by atoms with van der Waals surface area (Å²) < 4.78 is 28.4. The van der Waals surface area contributed by atoms with Crippen molar-refractivity contribution in [2.45, 2.75) is 24.8 Å². The third-order valence-corrected chi connectivity index (χ3v) is 8.14. The van der Waals surface area contributed by atoms with Gasteiger partial charge in [0.15, 0.2) is 0 Å². The molecule has 3 aromatic carbocycles. The van der Waals surface area contributed by atoms with Gasteiger partial charge in [0.2, 0.25) is 10.0 Å². The molecule has 0 bridgehead atoms. The fourth-order valence-electron chi connectivity index (χ4n) is 3.80. The molecule has 2 heterocycles. The molecule has 0 unspecified atom stereocenters. The smallest absolute Gasteiger partial charge is 0.255 e. The lowest BCUT2D eigenvalue weighted by atomic mass is 10.0. The number of nitrogens with one attached hydrogen (secondary N) is 3. The lowest BCUT2D eigenvalue weighted by molar-refractivity contribution is 0.102. The second-order valence-corrected chi connectivity index (χ2v) is 11.1. The van der Waals surface area contributed by atoms with Crippen LogP contribution in [0.2, 0.25) is 0 Å². The molecule has 5 rings (SSSR count). The number of sulfonamides is 1. The molecule has 0 aliphatic rings. The zero-order chi connectivity index (χ0) is 23.9. The standard InChI is InChI=1S/C25H22N4O3S2/c1-15(2)29-34(31,32)20-9-7-19(8-10-20)27-25(30)17-11-18-14-26-28-24(18)21(12-17)23-13-16-5-3-4-6-22(16)33-23/h3-15,29H,1-2H3,(H,26,28)(H,27,30). The Bertz CT molecular complexity index is 1580. The molecule has 3 N–H and O–H groups in total. The highest BCUT2D eigenvalue weighted by atomic mass is 32.2. The van der Waals surface area contributed by atoms with Crippen LogP contribution in [0, 0.1) is 0 Å². The fraction of sp³-hybridized carbons (Fsp3) is 0.120. The lowest BCUT2D eigenvalue weighted by Gasteiger charge is -2.11. The number of rotatable bonds is 6. The van der Waals surface area contributed by atoms with Gasteiger partial charge in [0.1, 0.15) is 0 Å². The van der Waals surface area contributed by atoms with Crippen LogP contribution in [0.3, 0.4) is 0 Å². The van der Waals surface area contributed by atoms with Crippen LogP contribution >= 0.6 is 11.3 Å². The molecule has 9 heteroatoms. The van der Waals surface area contributed by atoms with Gasteiger partial charge in [-0.25, -0.2) is 13.1 Å². The SMILES string of the molecule is CC(C)NS(=O)(=O)c1ccc(NC(=O)c2cc(-c3cc4ccccc4s3)c3[nH]ncc3c2)cc1. The van der Waals surface area contributed by atoms with E-state index in [9.17, 15) is 13.2 Å². The maximum Gasteiger partial charge on any atom is 0.255 e. The maximum atomic E-state index is 13.1. The number of H-pyrrole nitrogens is 1. The summed E-state index contributed by atoms with van der Waals surface area (Å²) in [6, 6.07) is 19.8. The van der Waals surface area contributed by atoms with Crippen molar-refractivity contribution in [1.82, 2.24) is 14.9 Å². The average molecular weight is 491 g/mol. The highest BCUT2D eigenvalue weighted by Crippen LogP contribution is 2.37. The second-order valence-electron chi connectivity index (χ2n) is 8.26. The van der Waals surface area contributed by atoms with Crippen molar-refractivity contribution < 1.29 is 13.2 Å². The van der Waals surface area contributed by atoms with Crippen LogP contribution in [0.5, 0.6) is 0 Å². The minimum atomic E-state index is -3.59. The van der Waals surface area contributed by atoms with Gasteiger partial charge in [-0.15, -0.1) is 11.3 Å². The molecule has 0 radical (unpaired) electrons. The summed E-state index contributed by atoms with van der Waals surface area (Å²) in [5.74, 6) is -0.290. The van der Waals surface area contributed by atoms with Crippen LogP contribution in [0.4, 0.5) is 5.69 Å². The molecule has 0 saturated carbocycles. The van der Waals surface area contributed by atoms with Gasteiger partial charge in [0.25, 0.3) is 5.91 Å². The summed E-state index contributed by atoms with van der Waals surface area (Å²) in [7, 11) is -3.59. The zero-order valence-electron chi connectivity index (χ0n) is 18.5. The van der Waals surface area contributed by atoms with Crippen LogP contribution in [0.25, 0.3) is 31.4 Å². The Balaban J connectivity index is 1.45. The van der Waals surface area contributed by atoms with E-state index in [0.29, 0.717) is 11.3 Å². The van der Waals surface area contributed by atoms with Gasteiger partial charge >= 0.3 is 0 Å². The van der Waals surface area contributed by atoms with E-state index in [1.807, 2.05) is 18.2 Å². The molecule has 0 aliphatic carbocycles. The second kappa shape index (κ2) is 8.68. The quantitative estimate of drug-likeness (QED) is 0.297. The van der Waals surface area contributed by atoms with Crippen LogP contribution in [0.15, 0.2) is 77.8 Å². The molecule has 0 aliphatic heterocycles. The highest BCUT2D eigenvalue weighted by molar-refractivity contribution is 7.89. The van der Waals surface area contributed by atoms with Crippen LogP contribution in [0.1, 0.15) is 24.2 Å². The molecule has 1 amide bonds. The number of benzene rings is 3. The minimum absolute atomic E-state index is 0.145. The fourth-order valence-corrected chi connectivity index (χ4v) is 6.13. The summed E-state index contributed by atoms with van der Waals surface area (Å²) in [6.07, 6.45) is 1.70. The number of nitrogens with zero attached hydrogens (tertiary/aromatic N) is 1. The number of fused-ring (bicyclic) bond motifs is 2. The van der Waals surface area contributed by atoms with Gasteiger partial charge < -0.3 is 5.32 Å². The molecule has 5 aromatic rings. The monoisotopic (exact) mass is 490 g/mol. The number of carbonyl (C=O) groups is 1. The van der Waals surface area contributed by atoms with Crippen molar-refractivity contribution in [3.63, 3.8) is 0 Å². The van der Waals surface area contributed by atoms with E-state index in [0.717, 1.165) is 26.7 Å². The van der Waals surface area contributed by atoms with Crippen LogP contribution < -0.4 is 10.0 Å². The van der Waals surface area contributed by atoms with Crippen molar-refractivity contribution >= 4 is 53.9 Å². The Labute approximate surface area is 200 Å². The third-order valence-electron chi connectivity index (χ3n) is 5.32. The molecule has 34 heavy (non-hydrogen) atoms. The summed E-state index contributed by atoms with van der Waals surface area (Å²) in [5, 5.41) is 12.0. The van der Waals surface area contributed by atoms with E-state index < -0.39 is 10.0 Å². The molecule has 2 aromatic heterocycles. The Morgan fingerprint density at radius 2 is 1.76 bits per heavy atom. The van der Waals surface area contributed by atoms with Gasteiger partial charge in [-0.3, -0.25) is 9.89 Å². The Morgan fingerprint density at radius 1 is 1.00 bits per heavy atom. The van der Waals surface area contributed by atoms with E-state index in [1.165, 1.54) is 16.8 Å². The molecular weight excluding hydrogens is 468 g/mol. The first kappa shape index (κ1) is 22.3. The number of hydrogen-bond donors (Lipinski definition) is 3. The van der Waals surface area contributed by atoms with Gasteiger partial charge in [-0.05, 0) is 67.8 Å². The van der Waals surface area contributed by atoms with Gasteiger partial charge in [0.05, 0.1) is 16.6 Å². The number of anilines is 1. The molecule has 0 fully saturated rings. The van der Waals surface area contributed by atoms with Gasteiger partial charge in [-0.2, -0.15) is 5.10 Å².